The van der Waals surface area contributed by atoms with Crippen LogP contribution in [0.4, 0.5) is 0 Å². The maximum Gasteiger partial charge on any atom is 0.0698 e. The Kier molecular flexibility index (Phi) is 2.99. The fraction of sp³-hybridized carbons (Fsp3) is 1.00. The lowest BCUT2D eigenvalue weighted by molar-refractivity contribution is -0.121. The van der Waals surface area contributed by atoms with Gasteiger partial charge in [-0.25, -0.2) is 0 Å². The van der Waals surface area contributed by atoms with E-state index in [-0.39, 0.29) is 23.0 Å². The highest BCUT2D eigenvalue weighted by Crippen LogP contribution is 2.48. The summed E-state index contributed by atoms with van der Waals surface area (Å²) in [5.41, 5.74) is -1.01. The second-order valence-electron chi connectivity index (χ2n) is 6.60. The lowest BCUT2D eigenvalue weighted by Crippen LogP contribution is -2.47. The van der Waals surface area contributed by atoms with Gasteiger partial charge in [-0.3, -0.25) is 0 Å². The van der Waals surface area contributed by atoms with E-state index in [4.69, 9.17) is 4.74 Å². The Hall–Kier alpha value is -0.0800. The molecule has 1 N–H and O–H groups in total. The van der Waals surface area contributed by atoms with Crippen molar-refractivity contribution in [2.24, 2.45) is 11.8 Å². The van der Waals surface area contributed by atoms with Crippen LogP contribution in [0.5, 0.6) is 0 Å². The minimum Gasteiger partial charge on any atom is -0.390 e. The quantitative estimate of drug-likeness (QED) is 0.765. The first kappa shape index (κ1) is 13.0. The minimum absolute atomic E-state index is 0.118. The molecule has 0 radical (unpaired) electrons. The van der Waals surface area contributed by atoms with Gasteiger partial charge in [0.25, 0.3) is 0 Å². The molecule has 0 aromatic carbocycles. The van der Waals surface area contributed by atoms with E-state index in [9.17, 15) is 5.11 Å². The van der Waals surface area contributed by atoms with Crippen LogP contribution in [0.3, 0.4) is 0 Å². The van der Waals surface area contributed by atoms with Crippen LogP contribution in [0, 0.1) is 11.8 Å². The molecule has 0 aliphatic carbocycles. The minimum atomic E-state index is -0.655. The molecule has 2 atom stereocenters. The summed E-state index contributed by atoms with van der Waals surface area (Å²) in [6.45, 7) is 14.5. The Bertz CT molecular complexity index is 239. The molecule has 0 amide bonds. The Morgan fingerprint density at radius 1 is 1.27 bits per heavy atom. The van der Waals surface area contributed by atoms with Crippen LogP contribution in [0.2, 0.25) is 0 Å². The van der Waals surface area contributed by atoms with Crippen molar-refractivity contribution in [1.82, 2.24) is 0 Å². The molecule has 2 heteroatoms. The van der Waals surface area contributed by atoms with Gasteiger partial charge in [-0.1, -0.05) is 13.8 Å². The monoisotopic (exact) mass is 214 g/mol. The molecule has 0 saturated carbocycles. The van der Waals surface area contributed by atoms with Crippen LogP contribution < -0.4 is 0 Å². The van der Waals surface area contributed by atoms with E-state index in [1.807, 2.05) is 6.92 Å². The van der Waals surface area contributed by atoms with Crippen LogP contribution in [0.1, 0.15) is 54.9 Å². The summed E-state index contributed by atoms with van der Waals surface area (Å²) in [5.74, 6) is 0.444. The molecule has 90 valence electrons. The molecule has 1 fully saturated rings. The van der Waals surface area contributed by atoms with E-state index < -0.39 is 5.60 Å². The van der Waals surface area contributed by atoms with E-state index in [0.29, 0.717) is 0 Å². The molecule has 0 bridgehead atoms. The van der Waals surface area contributed by atoms with E-state index in [2.05, 4.69) is 41.5 Å². The number of rotatable bonds is 2. The maximum absolute atomic E-state index is 10.6. The number of hydrogen-bond donors (Lipinski definition) is 1. The van der Waals surface area contributed by atoms with Gasteiger partial charge in [0.2, 0.25) is 0 Å². The van der Waals surface area contributed by atoms with Gasteiger partial charge in [0, 0.05) is 5.92 Å². The predicted octanol–water partition coefficient (Wildman–Crippen LogP) is 2.99. The average molecular weight is 214 g/mol. The number of hydrogen-bond acceptors (Lipinski definition) is 2. The molecule has 0 aromatic heterocycles. The zero-order valence-electron chi connectivity index (χ0n) is 11.2. The van der Waals surface area contributed by atoms with Gasteiger partial charge < -0.3 is 9.84 Å². The molecule has 0 aromatic rings. The van der Waals surface area contributed by atoms with Crippen molar-refractivity contribution in [2.75, 3.05) is 0 Å². The highest BCUT2D eigenvalue weighted by Gasteiger charge is 2.53. The lowest BCUT2D eigenvalue weighted by atomic mass is 9.70. The zero-order chi connectivity index (χ0) is 12.1. The third-order valence-corrected chi connectivity index (χ3v) is 3.95. The van der Waals surface area contributed by atoms with Gasteiger partial charge in [0.1, 0.15) is 0 Å². The summed E-state index contributed by atoms with van der Waals surface area (Å²) < 4.78 is 6.03. The van der Waals surface area contributed by atoms with Crippen molar-refractivity contribution in [3.05, 3.63) is 0 Å². The van der Waals surface area contributed by atoms with Gasteiger partial charge >= 0.3 is 0 Å². The maximum atomic E-state index is 10.6. The smallest absolute Gasteiger partial charge is 0.0698 e. The molecule has 1 heterocycles. The molecule has 1 aliphatic rings. The fourth-order valence-corrected chi connectivity index (χ4v) is 2.88. The van der Waals surface area contributed by atoms with E-state index in [1.165, 1.54) is 0 Å². The largest absolute Gasteiger partial charge is 0.390 e. The molecule has 1 rings (SSSR count). The van der Waals surface area contributed by atoms with Crippen LogP contribution >= 0.6 is 0 Å². The van der Waals surface area contributed by atoms with Crippen LogP contribution in [0.25, 0.3) is 0 Å². The molecular formula is C13H26O2. The SMILES string of the molecule is CC(C)C(C)(O)C1CC(C)(C)OC1(C)C. The highest BCUT2D eigenvalue weighted by atomic mass is 16.5. The summed E-state index contributed by atoms with van der Waals surface area (Å²) in [5, 5.41) is 10.6. The van der Waals surface area contributed by atoms with Gasteiger partial charge in [-0.15, -0.1) is 0 Å². The van der Waals surface area contributed by atoms with Gasteiger partial charge in [-0.2, -0.15) is 0 Å². The molecule has 15 heavy (non-hydrogen) atoms. The summed E-state index contributed by atoms with van der Waals surface area (Å²) in [7, 11) is 0. The van der Waals surface area contributed by atoms with E-state index in [0.717, 1.165) is 6.42 Å². The standard InChI is InChI=1S/C13H26O2/c1-9(2)13(7,14)10-8-11(3,4)15-12(10,5)6/h9-10,14H,8H2,1-7H3. The molecular weight excluding hydrogens is 188 g/mol. The topological polar surface area (TPSA) is 29.5 Å². The van der Waals surface area contributed by atoms with Crippen molar-refractivity contribution in [3.63, 3.8) is 0 Å². The second kappa shape index (κ2) is 3.46. The van der Waals surface area contributed by atoms with E-state index in [1.54, 1.807) is 0 Å². The Labute approximate surface area is 94.0 Å². The molecule has 1 aliphatic heterocycles. The average Bonchev–Trinajstić information content (AvgIpc) is 2.19. The van der Waals surface area contributed by atoms with Crippen LogP contribution in [-0.2, 0) is 4.74 Å². The summed E-state index contributed by atoms with van der Waals surface area (Å²) in [6, 6.07) is 0. The number of aliphatic hydroxyl groups is 1. The Balaban J connectivity index is 2.97. The third-order valence-electron chi connectivity index (χ3n) is 3.95. The van der Waals surface area contributed by atoms with Gasteiger partial charge in [-0.05, 0) is 47.0 Å². The summed E-state index contributed by atoms with van der Waals surface area (Å²) in [4.78, 5) is 0. The highest BCUT2D eigenvalue weighted by molar-refractivity contribution is 5.03. The third kappa shape index (κ3) is 2.36. The van der Waals surface area contributed by atoms with Crippen LogP contribution in [0.15, 0.2) is 0 Å². The van der Waals surface area contributed by atoms with Crippen molar-refractivity contribution in [2.45, 2.75) is 71.7 Å². The summed E-state index contributed by atoms with van der Waals surface area (Å²) in [6.07, 6.45) is 0.922. The summed E-state index contributed by atoms with van der Waals surface area (Å²) >= 11 is 0. The predicted molar refractivity (Wildman–Crippen MR) is 62.8 cm³/mol. The molecule has 2 unspecified atom stereocenters. The van der Waals surface area contributed by atoms with Crippen molar-refractivity contribution in [1.29, 1.82) is 0 Å². The van der Waals surface area contributed by atoms with Gasteiger partial charge in [0.05, 0.1) is 16.8 Å². The fourth-order valence-electron chi connectivity index (χ4n) is 2.88. The van der Waals surface area contributed by atoms with Gasteiger partial charge in [0.15, 0.2) is 0 Å². The van der Waals surface area contributed by atoms with E-state index >= 15 is 0 Å². The molecule has 0 spiro atoms. The zero-order valence-corrected chi connectivity index (χ0v) is 11.2. The van der Waals surface area contributed by atoms with Crippen LogP contribution in [-0.4, -0.2) is 21.9 Å². The van der Waals surface area contributed by atoms with Crippen molar-refractivity contribution >= 4 is 0 Å². The second-order valence-corrected chi connectivity index (χ2v) is 6.60. The van der Waals surface area contributed by atoms with Crippen molar-refractivity contribution < 1.29 is 9.84 Å². The molecule has 2 nitrogen and oxygen atoms in total. The first-order valence-corrected chi connectivity index (χ1v) is 5.91. The first-order valence-electron chi connectivity index (χ1n) is 5.91. The Morgan fingerprint density at radius 3 is 2.00 bits per heavy atom. The number of ether oxygens (including phenoxy) is 1. The first-order chi connectivity index (χ1) is 6.49. The Morgan fingerprint density at radius 2 is 1.73 bits per heavy atom. The molecule has 1 saturated heterocycles. The lowest BCUT2D eigenvalue weighted by Gasteiger charge is -2.40. The van der Waals surface area contributed by atoms with Crippen molar-refractivity contribution in [3.8, 4) is 0 Å². The normalized spacial score (nSPS) is 33.0.